The number of primary amides is 1. The number of carbonyl (C=O) groups excluding carboxylic acids is 1. The summed E-state index contributed by atoms with van der Waals surface area (Å²) in [6, 6.07) is 7.04. The second-order valence-electron chi connectivity index (χ2n) is 5.33. The van der Waals surface area contributed by atoms with E-state index >= 15 is 0 Å². The van der Waals surface area contributed by atoms with Crippen molar-refractivity contribution in [1.29, 1.82) is 0 Å². The number of unbranched alkanes of at least 4 members (excludes halogenated alkanes) is 3. The molecule has 0 aliphatic carbocycles. The van der Waals surface area contributed by atoms with E-state index in [1.165, 1.54) is 38.5 Å². The van der Waals surface area contributed by atoms with Gasteiger partial charge in [0.25, 0.3) is 0 Å². The van der Waals surface area contributed by atoms with Crippen molar-refractivity contribution in [2.24, 2.45) is 5.73 Å². The Balaban J connectivity index is 2.09. The highest BCUT2D eigenvalue weighted by Gasteiger charge is 2.03. The summed E-state index contributed by atoms with van der Waals surface area (Å²) in [7, 11) is 0. The molecule has 0 bridgehead atoms. The lowest BCUT2D eigenvalue weighted by molar-refractivity contribution is 0.1000. The van der Waals surface area contributed by atoms with E-state index in [0.717, 1.165) is 12.2 Å². The molecule has 0 radical (unpaired) electrons. The fourth-order valence-corrected chi connectivity index (χ4v) is 2.99. The second-order valence-corrected chi connectivity index (χ2v) is 6.62. The monoisotopic (exact) mass is 355 g/mol. The van der Waals surface area contributed by atoms with Gasteiger partial charge in [-0.1, -0.05) is 54.6 Å². The van der Waals surface area contributed by atoms with E-state index in [-0.39, 0.29) is 0 Å². The first-order valence-electron chi connectivity index (χ1n) is 7.80. The SMILES string of the molecule is CCCC(Br)CCCCCCOc1cccc(C(N)=O)c1. The highest BCUT2D eigenvalue weighted by molar-refractivity contribution is 9.09. The number of amides is 1. The fraction of sp³-hybridized carbons (Fsp3) is 0.588. The van der Waals surface area contributed by atoms with Gasteiger partial charge in [0.05, 0.1) is 6.61 Å². The van der Waals surface area contributed by atoms with Gasteiger partial charge in [-0.15, -0.1) is 0 Å². The highest BCUT2D eigenvalue weighted by Crippen LogP contribution is 2.17. The van der Waals surface area contributed by atoms with Crippen molar-refractivity contribution in [3.8, 4) is 5.75 Å². The molecule has 118 valence electrons. The zero-order valence-corrected chi connectivity index (χ0v) is 14.4. The molecular formula is C17H26BrNO2. The molecule has 1 aromatic carbocycles. The van der Waals surface area contributed by atoms with Crippen LogP contribution in [0.4, 0.5) is 0 Å². The van der Waals surface area contributed by atoms with Gasteiger partial charge in [-0.25, -0.2) is 0 Å². The predicted octanol–water partition coefficient (Wildman–Crippen LogP) is 4.68. The van der Waals surface area contributed by atoms with E-state index in [1.54, 1.807) is 18.2 Å². The van der Waals surface area contributed by atoms with Gasteiger partial charge in [-0.2, -0.15) is 0 Å². The number of hydrogen-bond donors (Lipinski definition) is 1. The molecule has 3 nitrogen and oxygen atoms in total. The maximum atomic E-state index is 11.1. The van der Waals surface area contributed by atoms with E-state index in [1.807, 2.05) is 6.07 Å². The molecule has 0 saturated heterocycles. The van der Waals surface area contributed by atoms with Crippen molar-refractivity contribution >= 4 is 21.8 Å². The Kier molecular flexibility index (Phi) is 9.15. The molecule has 0 saturated carbocycles. The first-order valence-corrected chi connectivity index (χ1v) is 8.71. The van der Waals surface area contributed by atoms with Gasteiger partial charge in [-0.05, 0) is 37.5 Å². The van der Waals surface area contributed by atoms with Crippen LogP contribution >= 0.6 is 15.9 Å². The summed E-state index contributed by atoms with van der Waals surface area (Å²) in [6.45, 7) is 2.91. The highest BCUT2D eigenvalue weighted by atomic mass is 79.9. The minimum absolute atomic E-state index is 0.420. The van der Waals surface area contributed by atoms with Crippen LogP contribution in [0.1, 0.15) is 62.2 Å². The minimum atomic E-state index is -0.420. The minimum Gasteiger partial charge on any atom is -0.494 e. The van der Waals surface area contributed by atoms with Gasteiger partial charge >= 0.3 is 0 Å². The molecule has 21 heavy (non-hydrogen) atoms. The fourth-order valence-electron chi connectivity index (χ4n) is 2.21. The Bertz CT molecular complexity index is 423. The van der Waals surface area contributed by atoms with Crippen molar-refractivity contribution < 1.29 is 9.53 Å². The van der Waals surface area contributed by atoms with Crippen molar-refractivity contribution in [3.63, 3.8) is 0 Å². The maximum absolute atomic E-state index is 11.1. The summed E-state index contributed by atoms with van der Waals surface area (Å²) in [4.78, 5) is 11.7. The molecule has 0 heterocycles. The van der Waals surface area contributed by atoms with Crippen LogP contribution in [0.25, 0.3) is 0 Å². The first kappa shape index (κ1) is 18.0. The molecule has 2 N–H and O–H groups in total. The van der Waals surface area contributed by atoms with Gasteiger partial charge in [0.15, 0.2) is 0 Å². The Morgan fingerprint density at radius 3 is 2.71 bits per heavy atom. The van der Waals surface area contributed by atoms with Gasteiger partial charge in [-0.3, -0.25) is 4.79 Å². The van der Waals surface area contributed by atoms with E-state index in [0.29, 0.717) is 17.0 Å². The predicted molar refractivity (Wildman–Crippen MR) is 91.2 cm³/mol. The van der Waals surface area contributed by atoms with Crippen LogP contribution in [-0.4, -0.2) is 17.3 Å². The number of alkyl halides is 1. The van der Waals surface area contributed by atoms with Gasteiger partial charge in [0.2, 0.25) is 5.91 Å². The molecule has 0 aliphatic heterocycles. The number of halogens is 1. The molecule has 1 aromatic rings. The quantitative estimate of drug-likeness (QED) is 0.462. The van der Waals surface area contributed by atoms with Crippen LogP contribution in [0.5, 0.6) is 5.75 Å². The number of carbonyl (C=O) groups is 1. The summed E-state index contributed by atoms with van der Waals surface area (Å²) in [5.74, 6) is 0.298. The van der Waals surface area contributed by atoms with Crippen molar-refractivity contribution in [1.82, 2.24) is 0 Å². The van der Waals surface area contributed by atoms with Gasteiger partial charge in [0.1, 0.15) is 5.75 Å². The van der Waals surface area contributed by atoms with Crippen molar-refractivity contribution in [3.05, 3.63) is 29.8 Å². The average molecular weight is 356 g/mol. The second kappa shape index (κ2) is 10.7. The number of rotatable bonds is 11. The van der Waals surface area contributed by atoms with Crippen molar-refractivity contribution in [2.75, 3.05) is 6.61 Å². The lowest BCUT2D eigenvalue weighted by Crippen LogP contribution is -2.10. The lowest BCUT2D eigenvalue weighted by atomic mass is 10.1. The zero-order valence-electron chi connectivity index (χ0n) is 12.8. The summed E-state index contributed by atoms with van der Waals surface area (Å²) < 4.78 is 5.65. The average Bonchev–Trinajstić information content (AvgIpc) is 2.47. The Morgan fingerprint density at radius 2 is 2.00 bits per heavy atom. The Labute approximate surface area is 136 Å². The van der Waals surface area contributed by atoms with Gasteiger partial charge in [0, 0.05) is 10.4 Å². The zero-order chi connectivity index (χ0) is 15.5. The van der Waals surface area contributed by atoms with Crippen LogP contribution in [-0.2, 0) is 0 Å². The molecule has 1 atom stereocenters. The lowest BCUT2D eigenvalue weighted by Gasteiger charge is -2.09. The normalized spacial score (nSPS) is 12.1. The number of benzene rings is 1. The van der Waals surface area contributed by atoms with Crippen LogP contribution in [0.3, 0.4) is 0 Å². The standard InChI is InChI=1S/C17H26BrNO2/c1-2-8-15(18)10-5-3-4-6-12-21-16-11-7-9-14(13-16)17(19)20/h7,9,11,13,15H,2-6,8,10,12H2,1H3,(H2,19,20). The number of nitrogens with two attached hydrogens (primary N) is 1. The molecular weight excluding hydrogens is 330 g/mol. The molecule has 0 fully saturated rings. The molecule has 4 heteroatoms. The number of ether oxygens (including phenoxy) is 1. The van der Waals surface area contributed by atoms with E-state index in [9.17, 15) is 4.79 Å². The third-order valence-electron chi connectivity index (χ3n) is 3.40. The summed E-state index contributed by atoms with van der Waals surface area (Å²) >= 11 is 3.71. The largest absolute Gasteiger partial charge is 0.494 e. The summed E-state index contributed by atoms with van der Waals surface area (Å²) in [5, 5.41) is 0. The summed E-state index contributed by atoms with van der Waals surface area (Å²) in [6.07, 6.45) is 8.51. The van der Waals surface area contributed by atoms with Gasteiger partial charge < -0.3 is 10.5 Å². The third-order valence-corrected chi connectivity index (χ3v) is 4.32. The maximum Gasteiger partial charge on any atom is 0.248 e. The molecule has 1 unspecified atom stereocenters. The van der Waals surface area contributed by atoms with Crippen molar-refractivity contribution in [2.45, 2.75) is 56.7 Å². The first-order chi connectivity index (χ1) is 10.1. The topological polar surface area (TPSA) is 52.3 Å². The van der Waals surface area contributed by atoms with E-state index in [2.05, 4.69) is 22.9 Å². The summed E-state index contributed by atoms with van der Waals surface area (Å²) in [5.41, 5.74) is 5.73. The van der Waals surface area contributed by atoms with E-state index < -0.39 is 5.91 Å². The van der Waals surface area contributed by atoms with Crippen LogP contribution in [0, 0.1) is 0 Å². The van der Waals surface area contributed by atoms with Crippen LogP contribution < -0.4 is 10.5 Å². The van der Waals surface area contributed by atoms with Crippen LogP contribution in [0.15, 0.2) is 24.3 Å². The molecule has 0 spiro atoms. The number of hydrogen-bond acceptors (Lipinski definition) is 2. The molecule has 1 amide bonds. The van der Waals surface area contributed by atoms with E-state index in [4.69, 9.17) is 10.5 Å². The Morgan fingerprint density at radius 1 is 1.24 bits per heavy atom. The molecule has 0 aliphatic rings. The third kappa shape index (κ3) is 8.10. The van der Waals surface area contributed by atoms with Crippen LogP contribution in [0.2, 0.25) is 0 Å². The molecule has 0 aromatic heterocycles. The molecule has 1 rings (SSSR count). The Hall–Kier alpha value is -1.03. The smallest absolute Gasteiger partial charge is 0.248 e.